The maximum Gasteiger partial charge on any atom is 0.407 e. The van der Waals surface area contributed by atoms with Crippen LogP contribution in [-0.4, -0.2) is 100 Å². The number of aromatic nitrogens is 2. The summed E-state index contributed by atoms with van der Waals surface area (Å²) in [5, 5.41) is 19.3. The molecule has 0 aliphatic heterocycles. The Morgan fingerprint density at radius 1 is 0.826 bits per heavy atom. The number of ether oxygens (including phenoxy) is 4. The number of hydrogen-bond donors (Lipinski definition) is 6. The molecule has 5 amide bonds. The minimum absolute atomic E-state index is 0.0329. The van der Waals surface area contributed by atoms with Crippen LogP contribution in [0.4, 0.5) is 15.3 Å². The number of rotatable bonds is 30. The van der Waals surface area contributed by atoms with E-state index in [2.05, 4.69) is 97.4 Å². The first-order chi connectivity index (χ1) is 33.4. The Labute approximate surface area is 402 Å². The molecule has 0 fully saturated rings. The Morgan fingerprint density at radius 2 is 1.55 bits per heavy atom. The number of aromatic amines is 1. The molecular formula is C50H67N10O9+. The lowest BCUT2D eigenvalue weighted by molar-refractivity contribution is -0.696. The zero-order chi connectivity index (χ0) is 49.5. The average molecular weight is 952 g/mol. The fourth-order valence-electron chi connectivity index (χ4n) is 8.15. The van der Waals surface area contributed by atoms with Gasteiger partial charge >= 0.3 is 12.1 Å². The lowest BCUT2D eigenvalue weighted by Gasteiger charge is -2.24. The van der Waals surface area contributed by atoms with Gasteiger partial charge in [-0.1, -0.05) is 49.3 Å². The Hall–Kier alpha value is -6.79. The molecule has 0 spiro atoms. The third kappa shape index (κ3) is 16.7. The third-order valence-corrected chi connectivity index (χ3v) is 11.8. The number of urea groups is 1. The highest BCUT2D eigenvalue weighted by atomic mass is 16.6. The zero-order valence-electron chi connectivity index (χ0n) is 40.1. The second-order valence-corrected chi connectivity index (χ2v) is 17.3. The molecule has 0 bridgehead atoms. The summed E-state index contributed by atoms with van der Waals surface area (Å²) in [6.45, 7) is 10.8. The predicted octanol–water partition coefficient (Wildman–Crippen LogP) is 6.94. The van der Waals surface area contributed by atoms with Crippen LogP contribution in [0.1, 0.15) is 69.1 Å². The summed E-state index contributed by atoms with van der Waals surface area (Å²) in [4.78, 5) is 69.9. The quantitative estimate of drug-likeness (QED) is 0.00914. The molecule has 2 aromatic heterocycles. The van der Waals surface area contributed by atoms with Gasteiger partial charge < -0.3 is 50.9 Å². The van der Waals surface area contributed by atoms with Crippen LogP contribution in [0.15, 0.2) is 72.1 Å². The van der Waals surface area contributed by atoms with Gasteiger partial charge in [0.05, 0.1) is 44.6 Å². The number of alkyl carbamates (subject to hydrolysis) is 1. The molecule has 5 rings (SSSR count). The zero-order valence-corrected chi connectivity index (χ0v) is 40.1. The minimum atomic E-state index is -0.872. The Balaban J connectivity index is 1.01. The van der Waals surface area contributed by atoms with Crippen molar-refractivity contribution in [3.05, 3.63) is 94.1 Å². The molecule has 3 aromatic carbocycles. The number of H-pyrrole nitrogens is 1. The number of hydrogen-bond acceptors (Lipinski definition) is 10. The fraction of sp³-hybridized carbons (Fsp3) is 0.480. The van der Waals surface area contributed by atoms with Crippen molar-refractivity contribution in [2.75, 3.05) is 64.6 Å². The van der Waals surface area contributed by atoms with Crippen LogP contribution in [0.25, 0.3) is 43.0 Å². The monoisotopic (exact) mass is 952 g/mol. The molecular weight excluding hydrogens is 885 g/mol. The van der Waals surface area contributed by atoms with Crippen molar-refractivity contribution < 1.29 is 47.5 Å². The fourth-order valence-corrected chi connectivity index (χ4v) is 8.15. The number of nitrogens with two attached hydrogens (primary N) is 1. The van der Waals surface area contributed by atoms with E-state index in [0.717, 1.165) is 31.3 Å². The number of nitrogens with zero attached hydrogens (tertiary/aromatic N) is 4. The standard InChI is InChI=1S/C50H66N10O9/c1-33(2)46(58-44(62)32-68-28-27-67-26-25-66-24-21-55-59-52)43(61)29-37(11-10-20-53-49(51)64)48(63)56-38-16-14-36(15-17-38)31-69-50(65)54-19-8-5-9-22-60-23-18-39-35(4)47-45(34(3)41(39)30-60)40-12-6-7-13-42(40)57-47/h6-7,12-18,23,30,33,37,46H,5,8-11,19-22,24-29,31-32H2,1-4H3,(H6,51,53,54,56,58,62,63,64,65)/p+1. The van der Waals surface area contributed by atoms with Crippen LogP contribution in [-0.2, 0) is 46.5 Å². The van der Waals surface area contributed by atoms with Crippen LogP contribution in [0.2, 0.25) is 0 Å². The van der Waals surface area contributed by atoms with E-state index >= 15 is 0 Å². The number of benzene rings is 3. The maximum absolute atomic E-state index is 13.6. The van der Waals surface area contributed by atoms with Crippen molar-refractivity contribution in [2.24, 2.45) is 22.7 Å². The van der Waals surface area contributed by atoms with Crippen LogP contribution in [0.3, 0.4) is 0 Å². The number of fused-ring (bicyclic) bond motifs is 4. The van der Waals surface area contributed by atoms with E-state index in [1.54, 1.807) is 38.1 Å². The third-order valence-electron chi connectivity index (χ3n) is 11.8. The number of carbonyl (C=O) groups excluding carboxylic acids is 5. The Bertz CT molecular complexity index is 2560. The molecule has 69 heavy (non-hydrogen) atoms. The summed E-state index contributed by atoms with van der Waals surface area (Å²) >= 11 is 0. The molecule has 2 heterocycles. The van der Waals surface area contributed by atoms with Crippen LogP contribution < -0.4 is 31.6 Å². The van der Waals surface area contributed by atoms with Gasteiger partial charge in [0.15, 0.2) is 18.2 Å². The smallest absolute Gasteiger partial charge is 0.407 e. The van der Waals surface area contributed by atoms with Gasteiger partial charge in [-0.15, -0.1) is 0 Å². The molecule has 0 saturated carbocycles. The number of aryl methyl sites for hydroxylation is 3. The maximum atomic E-state index is 13.6. The number of nitrogens with one attached hydrogen (secondary N) is 5. The summed E-state index contributed by atoms with van der Waals surface area (Å²) in [5.41, 5.74) is 19.5. The minimum Gasteiger partial charge on any atom is -0.445 e. The first kappa shape index (κ1) is 53.2. The Kier molecular flexibility index (Phi) is 21.5. The first-order valence-corrected chi connectivity index (χ1v) is 23.6. The number of Topliss-reactive ketones (excluding diaryl/α,β-unsaturated/α-hetero) is 1. The van der Waals surface area contributed by atoms with E-state index in [0.29, 0.717) is 44.0 Å². The summed E-state index contributed by atoms with van der Waals surface area (Å²) in [6.07, 6.45) is 7.05. The summed E-state index contributed by atoms with van der Waals surface area (Å²) in [7, 11) is 0. The SMILES string of the molecule is Cc1c2cc[n+](CCCCCNC(=O)OCc3ccc(NC(=O)C(CCCNC(N)=O)CC(=O)C(NC(=O)COCCOCCOCCN=[N+]=[N-])C(C)C)cc3)cc2c(C)c2c1[nH]c1ccccc12. The molecule has 0 aliphatic rings. The Morgan fingerprint density at radius 3 is 2.29 bits per heavy atom. The average Bonchev–Trinajstić information content (AvgIpc) is 3.73. The predicted molar refractivity (Wildman–Crippen MR) is 263 cm³/mol. The van der Waals surface area contributed by atoms with Crippen molar-refractivity contribution in [2.45, 2.75) is 85.4 Å². The highest BCUT2D eigenvalue weighted by Gasteiger charge is 2.29. The molecule has 2 unspecified atom stereocenters. The molecule has 370 valence electrons. The van der Waals surface area contributed by atoms with E-state index in [-0.39, 0.29) is 64.1 Å². The number of carbonyl (C=O) groups is 5. The van der Waals surface area contributed by atoms with E-state index < -0.39 is 35.9 Å². The van der Waals surface area contributed by atoms with Crippen molar-refractivity contribution in [1.29, 1.82) is 0 Å². The number of anilines is 1. The molecule has 2 atom stereocenters. The van der Waals surface area contributed by atoms with E-state index in [9.17, 15) is 24.0 Å². The molecule has 0 saturated heterocycles. The van der Waals surface area contributed by atoms with Crippen molar-refractivity contribution in [3.63, 3.8) is 0 Å². The molecule has 7 N–H and O–H groups in total. The van der Waals surface area contributed by atoms with Gasteiger partial charge in [-0.25, -0.2) is 14.2 Å². The van der Waals surface area contributed by atoms with E-state index in [1.165, 1.54) is 38.2 Å². The lowest BCUT2D eigenvalue weighted by atomic mass is 9.89. The molecule has 19 nitrogen and oxygen atoms in total. The van der Waals surface area contributed by atoms with E-state index in [4.69, 9.17) is 30.2 Å². The summed E-state index contributed by atoms with van der Waals surface area (Å²) in [5.74, 6) is -2.28. The van der Waals surface area contributed by atoms with Crippen molar-refractivity contribution >= 4 is 68.0 Å². The van der Waals surface area contributed by atoms with Gasteiger partial charge in [-0.3, -0.25) is 14.4 Å². The second kappa shape index (κ2) is 27.9. The van der Waals surface area contributed by atoms with Gasteiger partial charge in [-0.2, -0.15) is 0 Å². The highest BCUT2D eigenvalue weighted by molar-refractivity contribution is 6.16. The summed E-state index contributed by atoms with van der Waals surface area (Å²) in [6, 6.07) is 15.9. The van der Waals surface area contributed by atoms with Gasteiger partial charge in [0.25, 0.3) is 0 Å². The number of pyridine rings is 1. The van der Waals surface area contributed by atoms with Gasteiger partial charge in [0.1, 0.15) is 19.8 Å². The number of amides is 5. The second-order valence-electron chi connectivity index (χ2n) is 17.3. The van der Waals surface area contributed by atoms with Crippen molar-refractivity contribution in [1.82, 2.24) is 20.9 Å². The van der Waals surface area contributed by atoms with Crippen LogP contribution in [0.5, 0.6) is 0 Å². The number of para-hydroxylation sites is 1. The number of primary amides is 1. The lowest BCUT2D eigenvalue weighted by Crippen LogP contribution is -2.47. The first-order valence-electron chi connectivity index (χ1n) is 23.6. The largest absolute Gasteiger partial charge is 0.445 e. The van der Waals surface area contributed by atoms with Gasteiger partial charge in [0.2, 0.25) is 11.8 Å². The molecule has 0 radical (unpaired) electrons. The van der Waals surface area contributed by atoms with E-state index in [1.807, 2.05) is 0 Å². The van der Waals surface area contributed by atoms with Gasteiger partial charge in [0, 0.05) is 76.7 Å². The molecule has 0 aliphatic carbocycles. The van der Waals surface area contributed by atoms with Gasteiger partial charge in [-0.05, 0) is 91.3 Å². The van der Waals surface area contributed by atoms with Crippen molar-refractivity contribution in [3.8, 4) is 0 Å². The number of ketones is 1. The molecule has 5 aromatic rings. The van der Waals surface area contributed by atoms with Crippen LogP contribution in [0, 0.1) is 25.7 Å². The van der Waals surface area contributed by atoms with Crippen LogP contribution >= 0.6 is 0 Å². The highest BCUT2D eigenvalue weighted by Crippen LogP contribution is 2.36. The normalized spacial score (nSPS) is 12.1. The molecule has 19 heteroatoms. The topological polar surface area (TPSA) is 265 Å². The number of azide groups is 1. The summed E-state index contributed by atoms with van der Waals surface area (Å²) < 4.78 is 23.7. The number of unbranched alkanes of at least 4 members (excludes halogenated alkanes) is 2.